The van der Waals surface area contributed by atoms with E-state index < -0.39 is 25.7 Å². The van der Waals surface area contributed by atoms with Crippen molar-refractivity contribution in [2.24, 2.45) is 11.5 Å². The van der Waals surface area contributed by atoms with Gasteiger partial charge in [0.15, 0.2) is 0 Å². The molecule has 0 bridgehead atoms. The summed E-state index contributed by atoms with van der Waals surface area (Å²) in [4.78, 5) is 41.5. The third kappa shape index (κ3) is 32.1. The highest BCUT2D eigenvalue weighted by molar-refractivity contribution is 7.45. The molecule has 0 aromatic carbocycles. The van der Waals surface area contributed by atoms with Crippen LogP contribution in [0.25, 0.3) is 0 Å². The van der Waals surface area contributed by atoms with Crippen LogP contribution in [0.1, 0.15) is 6.42 Å². The SMILES string of the molecule is NC(=O)CC(N)C(=O)O.O.O=P(O)(O)O. The van der Waals surface area contributed by atoms with Gasteiger partial charge in [-0.25, -0.2) is 4.57 Å². The van der Waals surface area contributed by atoms with E-state index in [1.54, 1.807) is 0 Å². The molecule has 0 saturated heterocycles. The molecule has 0 aliphatic rings. The number of rotatable bonds is 3. The van der Waals surface area contributed by atoms with Crippen molar-refractivity contribution in [3.05, 3.63) is 0 Å². The highest BCUT2D eigenvalue weighted by Crippen LogP contribution is 2.25. The van der Waals surface area contributed by atoms with Crippen molar-refractivity contribution in [3.8, 4) is 0 Å². The Labute approximate surface area is 84.1 Å². The number of carboxylic acid groups (broad SMARTS) is 1. The zero-order chi connectivity index (χ0) is 11.9. The Kier molecular flexibility index (Phi) is 10.8. The summed E-state index contributed by atoms with van der Waals surface area (Å²) in [5.41, 5.74) is 9.57. The molecule has 0 fully saturated rings. The number of carbonyl (C=O) groups excluding carboxylic acids is 1. The fraction of sp³-hybridized carbons (Fsp3) is 0.500. The number of hydrogen-bond donors (Lipinski definition) is 6. The van der Waals surface area contributed by atoms with Gasteiger partial charge in [-0.2, -0.15) is 0 Å². The van der Waals surface area contributed by atoms with E-state index in [9.17, 15) is 9.59 Å². The van der Waals surface area contributed by atoms with Gasteiger partial charge in [0.1, 0.15) is 6.04 Å². The Morgan fingerprint density at radius 3 is 1.60 bits per heavy atom. The molecule has 0 aliphatic heterocycles. The molecule has 0 spiro atoms. The van der Waals surface area contributed by atoms with Gasteiger partial charge in [-0.05, 0) is 0 Å². The minimum absolute atomic E-state index is 0. The minimum Gasteiger partial charge on any atom is -0.480 e. The van der Waals surface area contributed by atoms with Gasteiger partial charge in [-0.3, -0.25) is 9.59 Å². The van der Waals surface area contributed by atoms with Gasteiger partial charge in [0.2, 0.25) is 5.91 Å². The monoisotopic (exact) mass is 248 g/mol. The van der Waals surface area contributed by atoms with E-state index in [0.29, 0.717) is 0 Å². The predicted molar refractivity (Wildman–Crippen MR) is 47.3 cm³/mol. The molecular formula is C4H13N2O8P. The summed E-state index contributed by atoms with van der Waals surface area (Å²) < 4.78 is 8.88. The second-order valence-corrected chi connectivity index (χ2v) is 3.15. The lowest BCUT2D eigenvalue weighted by molar-refractivity contribution is -0.140. The number of carboxylic acids is 1. The van der Waals surface area contributed by atoms with Crippen LogP contribution in [-0.2, 0) is 14.2 Å². The molecular weight excluding hydrogens is 235 g/mol. The standard InChI is InChI=1S/C4H8N2O3.H3O4P.H2O/c5-2(4(8)9)1-3(6)7;1-5(2,3)4;/h2H,1,5H2,(H2,6,7)(H,8,9);(H3,1,2,3,4);1H2. The summed E-state index contributed by atoms with van der Waals surface area (Å²) in [7, 11) is -4.64. The van der Waals surface area contributed by atoms with Crippen LogP contribution in [0.4, 0.5) is 0 Å². The van der Waals surface area contributed by atoms with Gasteiger partial charge >= 0.3 is 13.8 Å². The lowest BCUT2D eigenvalue weighted by Gasteiger charge is -1.99. The minimum atomic E-state index is -4.64. The smallest absolute Gasteiger partial charge is 0.466 e. The molecule has 0 heterocycles. The average Bonchev–Trinajstić information content (AvgIpc) is 1.80. The summed E-state index contributed by atoms with van der Waals surface area (Å²) in [5, 5.41) is 8.10. The Morgan fingerprint density at radius 2 is 1.53 bits per heavy atom. The van der Waals surface area contributed by atoms with Crippen LogP contribution in [-0.4, -0.2) is 43.2 Å². The first-order valence-corrected chi connectivity index (χ1v) is 4.65. The van der Waals surface area contributed by atoms with E-state index >= 15 is 0 Å². The molecule has 0 aliphatic carbocycles. The van der Waals surface area contributed by atoms with Crippen molar-refractivity contribution in [2.45, 2.75) is 12.5 Å². The molecule has 1 unspecified atom stereocenters. The molecule has 0 aromatic rings. The van der Waals surface area contributed by atoms with E-state index in [-0.39, 0.29) is 11.9 Å². The second-order valence-electron chi connectivity index (χ2n) is 2.13. The van der Waals surface area contributed by atoms with Crippen molar-refractivity contribution < 1.29 is 39.4 Å². The highest BCUT2D eigenvalue weighted by Gasteiger charge is 2.13. The topological polar surface area (TPSA) is 216 Å². The molecule has 0 saturated carbocycles. The van der Waals surface area contributed by atoms with Gasteiger partial charge in [0, 0.05) is 0 Å². The fourth-order valence-corrected chi connectivity index (χ4v) is 0.304. The summed E-state index contributed by atoms with van der Waals surface area (Å²) >= 11 is 0. The Morgan fingerprint density at radius 1 is 1.27 bits per heavy atom. The third-order valence-corrected chi connectivity index (χ3v) is 0.738. The normalized spacial score (nSPS) is 11.5. The number of primary amides is 1. The number of nitrogens with two attached hydrogens (primary N) is 2. The molecule has 0 rings (SSSR count). The van der Waals surface area contributed by atoms with E-state index in [4.69, 9.17) is 30.1 Å². The number of hydrogen-bond acceptors (Lipinski definition) is 4. The van der Waals surface area contributed by atoms with Gasteiger partial charge in [0.05, 0.1) is 6.42 Å². The maximum atomic E-state index is 9.99. The zero-order valence-corrected chi connectivity index (χ0v) is 8.29. The maximum absolute atomic E-state index is 9.99. The van der Waals surface area contributed by atoms with E-state index in [0.717, 1.165) is 0 Å². The van der Waals surface area contributed by atoms with Gasteiger partial charge < -0.3 is 36.7 Å². The number of phosphoric acid groups is 1. The molecule has 15 heavy (non-hydrogen) atoms. The van der Waals surface area contributed by atoms with Crippen LogP contribution in [0.2, 0.25) is 0 Å². The van der Waals surface area contributed by atoms with E-state index in [1.807, 2.05) is 0 Å². The Balaban J connectivity index is -0.000000208. The Bertz CT molecular complexity index is 241. The van der Waals surface area contributed by atoms with Crippen molar-refractivity contribution in [1.82, 2.24) is 0 Å². The van der Waals surface area contributed by atoms with Crippen LogP contribution in [0.15, 0.2) is 0 Å². The molecule has 0 aromatic heterocycles. The molecule has 1 amide bonds. The van der Waals surface area contributed by atoms with Crippen LogP contribution in [0, 0.1) is 0 Å². The summed E-state index contributed by atoms with van der Waals surface area (Å²) in [5.74, 6) is -1.92. The van der Waals surface area contributed by atoms with Crippen molar-refractivity contribution in [1.29, 1.82) is 0 Å². The molecule has 10 N–H and O–H groups in total. The molecule has 92 valence electrons. The van der Waals surface area contributed by atoms with Crippen LogP contribution in [0.3, 0.4) is 0 Å². The summed E-state index contributed by atoms with van der Waals surface area (Å²) in [6.07, 6.45) is -0.310. The van der Waals surface area contributed by atoms with Crippen molar-refractivity contribution in [2.75, 3.05) is 0 Å². The Hall–Kier alpha value is -1.03. The van der Waals surface area contributed by atoms with Gasteiger partial charge in [-0.15, -0.1) is 0 Å². The predicted octanol–water partition coefficient (Wildman–Crippen LogP) is -3.48. The number of amides is 1. The van der Waals surface area contributed by atoms with Crippen LogP contribution in [0.5, 0.6) is 0 Å². The zero-order valence-electron chi connectivity index (χ0n) is 7.40. The number of carbonyl (C=O) groups is 2. The summed E-state index contributed by atoms with van der Waals surface area (Å²) in [6, 6.07) is -1.16. The summed E-state index contributed by atoms with van der Waals surface area (Å²) in [6.45, 7) is 0. The largest absolute Gasteiger partial charge is 0.480 e. The van der Waals surface area contributed by atoms with Crippen molar-refractivity contribution in [3.63, 3.8) is 0 Å². The van der Waals surface area contributed by atoms with Crippen LogP contribution < -0.4 is 11.5 Å². The molecule has 10 nitrogen and oxygen atoms in total. The first-order valence-electron chi connectivity index (χ1n) is 3.09. The van der Waals surface area contributed by atoms with Gasteiger partial charge in [-0.1, -0.05) is 0 Å². The lowest BCUT2D eigenvalue weighted by atomic mass is 10.2. The first kappa shape index (κ1) is 19.5. The van der Waals surface area contributed by atoms with Gasteiger partial charge in [0.25, 0.3) is 0 Å². The highest BCUT2D eigenvalue weighted by atomic mass is 31.2. The molecule has 1 atom stereocenters. The molecule has 0 radical (unpaired) electrons. The quantitative estimate of drug-likeness (QED) is 0.275. The fourth-order valence-electron chi connectivity index (χ4n) is 0.304. The third-order valence-electron chi connectivity index (χ3n) is 0.738. The maximum Gasteiger partial charge on any atom is 0.466 e. The molecule has 11 heteroatoms. The van der Waals surface area contributed by atoms with E-state index in [1.165, 1.54) is 0 Å². The number of aliphatic carboxylic acids is 1. The average molecular weight is 248 g/mol. The van der Waals surface area contributed by atoms with E-state index in [2.05, 4.69) is 5.73 Å². The van der Waals surface area contributed by atoms with Crippen molar-refractivity contribution >= 4 is 19.7 Å². The lowest BCUT2D eigenvalue weighted by Crippen LogP contribution is -2.34. The second kappa shape index (κ2) is 8.29. The first-order chi connectivity index (χ1) is 6.04. The van der Waals surface area contributed by atoms with Crippen LogP contribution >= 0.6 is 7.82 Å².